The first-order valence-electron chi connectivity index (χ1n) is 7.08. The fourth-order valence-electron chi connectivity index (χ4n) is 2.67. The van der Waals surface area contributed by atoms with Crippen molar-refractivity contribution >= 4 is 22.4 Å². The van der Waals surface area contributed by atoms with Gasteiger partial charge in [-0.15, -0.1) is 10.2 Å². The number of hydrogen-bond acceptors (Lipinski definition) is 5. The summed E-state index contributed by atoms with van der Waals surface area (Å²) in [5.41, 5.74) is 0. The van der Waals surface area contributed by atoms with Gasteiger partial charge >= 0.3 is 0 Å². The number of aromatic nitrogens is 2. The first-order valence-corrected chi connectivity index (χ1v) is 7.89. The van der Waals surface area contributed by atoms with E-state index in [0.29, 0.717) is 0 Å². The van der Waals surface area contributed by atoms with Gasteiger partial charge < -0.3 is 10.2 Å². The molecule has 19 heavy (non-hydrogen) atoms. The molecule has 1 unspecified atom stereocenters. The van der Waals surface area contributed by atoms with Gasteiger partial charge in [0, 0.05) is 25.0 Å². The highest BCUT2D eigenvalue weighted by Crippen LogP contribution is 2.27. The third kappa shape index (κ3) is 2.88. The summed E-state index contributed by atoms with van der Waals surface area (Å²) in [5, 5.41) is 13.5. The molecular formula is C13H20N4OS. The van der Waals surface area contributed by atoms with Crippen molar-refractivity contribution in [2.45, 2.75) is 45.1 Å². The van der Waals surface area contributed by atoms with Crippen LogP contribution in [0.5, 0.6) is 0 Å². The molecule has 1 atom stereocenters. The molecule has 0 bridgehead atoms. The van der Waals surface area contributed by atoms with Crippen LogP contribution in [-0.2, 0) is 4.79 Å². The van der Waals surface area contributed by atoms with Crippen LogP contribution in [0.4, 0.5) is 5.13 Å². The molecule has 6 heteroatoms. The molecule has 1 N–H and O–H groups in total. The molecule has 2 fully saturated rings. The van der Waals surface area contributed by atoms with Gasteiger partial charge in [-0.25, -0.2) is 0 Å². The molecule has 104 valence electrons. The average molecular weight is 280 g/mol. The zero-order valence-electron chi connectivity index (χ0n) is 11.3. The molecule has 1 saturated heterocycles. The summed E-state index contributed by atoms with van der Waals surface area (Å²) >= 11 is 1.63. The SMILES string of the molecule is Cc1nnc(N2CCCC(NC(=O)C3CCC3)C2)s1. The van der Waals surface area contributed by atoms with E-state index in [1.165, 1.54) is 6.42 Å². The molecule has 1 amide bonds. The second-order valence-corrected chi connectivity index (χ2v) is 6.69. The topological polar surface area (TPSA) is 58.1 Å². The van der Waals surface area contributed by atoms with Gasteiger partial charge in [-0.05, 0) is 32.6 Å². The van der Waals surface area contributed by atoms with Gasteiger partial charge in [0.05, 0.1) is 0 Å². The first-order chi connectivity index (χ1) is 9.22. The summed E-state index contributed by atoms with van der Waals surface area (Å²) in [6.45, 7) is 3.86. The summed E-state index contributed by atoms with van der Waals surface area (Å²) in [4.78, 5) is 14.2. The lowest BCUT2D eigenvalue weighted by atomic mass is 9.84. The van der Waals surface area contributed by atoms with Gasteiger partial charge in [0.2, 0.25) is 11.0 Å². The lowest BCUT2D eigenvalue weighted by Gasteiger charge is -2.34. The minimum atomic E-state index is 0.256. The van der Waals surface area contributed by atoms with Crippen molar-refractivity contribution in [3.8, 4) is 0 Å². The summed E-state index contributed by atoms with van der Waals surface area (Å²) in [6, 6.07) is 0.269. The van der Waals surface area contributed by atoms with Gasteiger partial charge in [-0.2, -0.15) is 0 Å². The Kier molecular flexibility index (Phi) is 3.68. The van der Waals surface area contributed by atoms with Crippen molar-refractivity contribution in [1.29, 1.82) is 0 Å². The monoisotopic (exact) mass is 280 g/mol. The van der Waals surface area contributed by atoms with Crippen LogP contribution < -0.4 is 10.2 Å². The van der Waals surface area contributed by atoms with E-state index in [1.807, 2.05) is 6.92 Å². The van der Waals surface area contributed by atoms with Crippen LogP contribution in [0.1, 0.15) is 37.1 Å². The van der Waals surface area contributed by atoms with Crippen molar-refractivity contribution in [1.82, 2.24) is 15.5 Å². The van der Waals surface area contributed by atoms with E-state index in [9.17, 15) is 4.79 Å². The molecule has 1 aromatic heterocycles. The maximum Gasteiger partial charge on any atom is 0.223 e. The van der Waals surface area contributed by atoms with Crippen LogP contribution >= 0.6 is 11.3 Å². The van der Waals surface area contributed by atoms with E-state index >= 15 is 0 Å². The number of hydrogen-bond donors (Lipinski definition) is 1. The maximum absolute atomic E-state index is 12.0. The fourth-order valence-corrected chi connectivity index (χ4v) is 3.39. The van der Waals surface area contributed by atoms with Gasteiger partial charge in [0.25, 0.3) is 0 Å². The smallest absolute Gasteiger partial charge is 0.223 e. The number of piperidine rings is 1. The van der Waals surface area contributed by atoms with Crippen LogP contribution in [0.3, 0.4) is 0 Å². The predicted molar refractivity (Wildman–Crippen MR) is 75.4 cm³/mol. The summed E-state index contributed by atoms with van der Waals surface area (Å²) in [6.07, 6.45) is 5.52. The number of nitrogens with one attached hydrogen (secondary N) is 1. The fraction of sp³-hybridized carbons (Fsp3) is 0.769. The van der Waals surface area contributed by atoms with Gasteiger partial charge in [0.15, 0.2) is 0 Å². The van der Waals surface area contributed by atoms with Gasteiger partial charge in [-0.3, -0.25) is 4.79 Å². The Bertz CT molecular complexity index is 457. The molecule has 0 aromatic carbocycles. The van der Waals surface area contributed by atoms with Crippen molar-refractivity contribution in [3.05, 3.63) is 5.01 Å². The zero-order valence-corrected chi connectivity index (χ0v) is 12.1. The summed E-state index contributed by atoms with van der Waals surface area (Å²) in [5.74, 6) is 0.533. The highest BCUT2D eigenvalue weighted by atomic mass is 32.1. The molecule has 0 spiro atoms. The Labute approximate surface area is 117 Å². The van der Waals surface area contributed by atoms with Gasteiger partial charge in [-0.1, -0.05) is 17.8 Å². The minimum Gasteiger partial charge on any atom is -0.351 e. The second kappa shape index (κ2) is 5.45. The molecular weight excluding hydrogens is 260 g/mol. The van der Waals surface area contributed by atoms with Crippen molar-refractivity contribution in [2.75, 3.05) is 18.0 Å². The largest absolute Gasteiger partial charge is 0.351 e. The van der Waals surface area contributed by atoms with Crippen LogP contribution in [0.25, 0.3) is 0 Å². The van der Waals surface area contributed by atoms with E-state index in [2.05, 4.69) is 20.4 Å². The van der Waals surface area contributed by atoms with E-state index in [1.54, 1.807) is 11.3 Å². The number of anilines is 1. The third-order valence-corrected chi connectivity index (χ3v) is 4.93. The molecule has 0 radical (unpaired) electrons. The molecule has 1 aromatic rings. The molecule has 2 heterocycles. The Morgan fingerprint density at radius 1 is 1.32 bits per heavy atom. The number of aryl methyl sites for hydroxylation is 1. The Morgan fingerprint density at radius 2 is 2.16 bits per heavy atom. The molecule has 3 rings (SSSR count). The molecule has 1 aliphatic carbocycles. The normalized spacial score (nSPS) is 24.1. The van der Waals surface area contributed by atoms with E-state index in [-0.39, 0.29) is 17.9 Å². The minimum absolute atomic E-state index is 0.256. The number of nitrogens with zero attached hydrogens (tertiary/aromatic N) is 3. The standard InChI is InChI=1S/C13H20N4OS/c1-9-15-16-13(19-9)17-7-3-6-11(8-17)14-12(18)10-4-2-5-10/h10-11H,2-8H2,1H3,(H,14,18). The van der Waals surface area contributed by atoms with E-state index < -0.39 is 0 Å². The Hall–Kier alpha value is -1.17. The highest BCUT2D eigenvalue weighted by Gasteiger charge is 2.29. The predicted octanol–water partition coefficient (Wildman–Crippen LogP) is 1.73. The maximum atomic E-state index is 12.0. The highest BCUT2D eigenvalue weighted by molar-refractivity contribution is 7.15. The number of carbonyl (C=O) groups is 1. The number of amides is 1. The number of rotatable bonds is 3. The van der Waals surface area contributed by atoms with Crippen molar-refractivity contribution < 1.29 is 4.79 Å². The lowest BCUT2D eigenvalue weighted by Crippen LogP contribution is -2.50. The van der Waals surface area contributed by atoms with Crippen molar-refractivity contribution in [2.24, 2.45) is 5.92 Å². The van der Waals surface area contributed by atoms with Crippen LogP contribution in [0.2, 0.25) is 0 Å². The van der Waals surface area contributed by atoms with Crippen LogP contribution in [-0.4, -0.2) is 35.2 Å². The molecule has 1 aliphatic heterocycles. The average Bonchev–Trinajstić information content (AvgIpc) is 2.74. The van der Waals surface area contributed by atoms with E-state index in [4.69, 9.17) is 0 Å². The van der Waals surface area contributed by atoms with E-state index in [0.717, 1.165) is 48.9 Å². The summed E-state index contributed by atoms with van der Waals surface area (Å²) in [7, 11) is 0. The Morgan fingerprint density at radius 3 is 2.79 bits per heavy atom. The quantitative estimate of drug-likeness (QED) is 0.916. The molecule has 2 aliphatic rings. The Balaban J connectivity index is 1.57. The first kappa shape index (κ1) is 12.8. The second-order valence-electron chi connectivity index (χ2n) is 5.53. The molecule has 5 nitrogen and oxygen atoms in total. The summed E-state index contributed by atoms with van der Waals surface area (Å²) < 4.78 is 0. The lowest BCUT2D eigenvalue weighted by molar-refractivity contribution is -0.128. The van der Waals surface area contributed by atoms with Crippen LogP contribution in [0, 0.1) is 12.8 Å². The third-order valence-electron chi connectivity index (χ3n) is 4.03. The number of carbonyl (C=O) groups excluding carboxylic acids is 1. The zero-order chi connectivity index (χ0) is 13.2. The van der Waals surface area contributed by atoms with Crippen molar-refractivity contribution in [3.63, 3.8) is 0 Å². The van der Waals surface area contributed by atoms with Gasteiger partial charge in [0.1, 0.15) is 5.01 Å². The van der Waals surface area contributed by atoms with Crippen LogP contribution in [0.15, 0.2) is 0 Å². The molecule has 1 saturated carbocycles.